The standard InChI is InChI=1S/C15H27NO/c1-15(2,3)12-9-4-5-10-13(12)16-14(17)11-7-6-8-11/h11-13H,4-10H2,1-3H3,(H,16,17). The highest BCUT2D eigenvalue weighted by atomic mass is 16.2. The summed E-state index contributed by atoms with van der Waals surface area (Å²) in [5.74, 6) is 1.32. The maximum absolute atomic E-state index is 12.1. The molecule has 0 aromatic rings. The van der Waals surface area contributed by atoms with Crippen molar-refractivity contribution in [1.82, 2.24) is 5.32 Å². The van der Waals surface area contributed by atoms with Crippen LogP contribution in [0, 0.1) is 17.3 Å². The normalized spacial score (nSPS) is 30.8. The van der Waals surface area contributed by atoms with Crippen LogP contribution in [0.5, 0.6) is 0 Å². The quantitative estimate of drug-likeness (QED) is 0.782. The predicted molar refractivity (Wildman–Crippen MR) is 70.7 cm³/mol. The lowest BCUT2D eigenvalue weighted by Crippen LogP contribution is -2.49. The van der Waals surface area contributed by atoms with Crippen LogP contribution in [0.25, 0.3) is 0 Å². The average Bonchev–Trinajstić information content (AvgIpc) is 2.13. The zero-order valence-corrected chi connectivity index (χ0v) is 11.6. The van der Waals surface area contributed by atoms with Gasteiger partial charge < -0.3 is 5.32 Å². The molecule has 1 N–H and O–H groups in total. The Labute approximate surface area is 106 Å². The number of carbonyl (C=O) groups excluding carboxylic acids is 1. The Bertz CT molecular complexity index is 275. The first-order valence-corrected chi connectivity index (χ1v) is 7.29. The molecule has 0 radical (unpaired) electrons. The summed E-state index contributed by atoms with van der Waals surface area (Å²) in [6, 6.07) is 0.428. The molecule has 2 heteroatoms. The van der Waals surface area contributed by atoms with E-state index < -0.39 is 0 Å². The summed E-state index contributed by atoms with van der Waals surface area (Å²) in [6.07, 6.45) is 8.53. The molecule has 2 nitrogen and oxygen atoms in total. The summed E-state index contributed by atoms with van der Waals surface area (Å²) in [6.45, 7) is 6.93. The SMILES string of the molecule is CC(C)(C)C1CCCCC1NC(=O)C1CCC1. The van der Waals surface area contributed by atoms with Gasteiger partial charge in [-0.3, -0.25) is 4.79 Å². The third-order valence-corrected chi connectivity index (χ3v) is 4.68. The van der Waals surface area contributed by atoms with Crippen LogP contribution in [-0.2, 0) is 4.79 Å². The van der Waals surface area contributed by atoms with Crippen molar-refractivity contribution >= 4 is 5.91 Å². The van der Waals surface area contributed by atoms with Gasteiger partial charge in [-0.15, -0.1) is 0 Å². The summed E-state index contributed by atoms with van der Waals surface area (Å²) in [5, 5.41) is 3.34. The second-order valence-corrected chi connectivity index (χ2v) is 7.00. The van der Waals surface area contributed by atoms with Crippen molar-refractivity contribution in [3.8, 4) is 0 Å². The molecular weight excluding hydrogens is 210 g/mol. The molecule has 0 aromatic carbocycles. The summed E-state index contributed by atoms with van der Waals surface area (Å²) in [4.78, 5) is 12.1. The zero-order chi connectivity index (χ0) is 12.5. The molecule has 2 unspecified atom stereocenters. The summed E-state index contributed by atoms with van der Waals surface area (Å²) >= 11 is 0. The van der Waals surface area contributed by atoms with E-state index in [1.165, 1.54) is 32.1 Å². The van der Waals surface area contributed by atoms with Crippen LogP contribution in [0.1, 0.15) is 65.7 Å². The van der Waals surface area contributed by atoms with Gasteiger partial charge in [0.1, 0.15) is 0 Å². The summed E-state index contributed by atoms with van der Waals surface area (Å²) in [7, 11) is 0. The molecule has 1 amide bonds. The van der Waals surface area contributed by atoms with Gasteiger partial charge in [0.2, 0.25) is 5.91 Å². The van der Waals surface area contributed by atoms with Gasteiger partial charge in [0.15, 0.2) is 0 Å². The molecule has 0 aliphatic heterocycles. The van der Waals surface area contributed by atoms with Gasteiger partial charge in [0.25, 0.3) is 0 Å². The van der Waals surface area contributed by atoms with Gasteiger partial charge in [-0.2, -0.15) is 0 Å². The Morgan fingerprint density at radius 1 is 1.00 bits per heavy atom. The van der Waals surface area contributed by atoms with E-state index in [0.717, 1.165) is 12.8 Å². The van der Waals surface area contributed by atoms with Gasteiger partial charge >= 0.3 is 0 Å². The van der Waals surface area contributed by atoms with Gasteiger partial charge in [-0.1, -0.05) is 40.0 Å². The van der Waals surface area contributed by atoms with Crippen LogP contribution in [0.4, 0.5) is 0 Å². The fourth-order valence-electron chi connectivity index (χ4n) is 3.31. The van der Waals surface area contributed by atoms with Gasteiger partial charge in [-0.25, -0.2) is 0 Å². The lowest BCUT2D eigenvalue weighted by atomic mass is 9.69. The maximum atomic E-state index is 12.1. The van der Waals surface area contributed by atoms with Crippen LogP contribution in [-0.4, -0.2) is 11.9 Å². The fourth-order valence-corrected chi connectivity index (χ4v) is 3.31. The van der Waals surface area contributed by atoms with Crippen molar-refractivity contribution in [1.29, 1.82) is 0 Å². The smallest absolute Gasteiger partial charge is 0.223 e. The van der Waals surface area contributed by atoms with Crippen LogP contribution in [0.3, 0.4) is 0 Å². The number of carbonyl (C=O) groups is 1. The number of rotatable bonds is 2. The largest absolute Gasteiger partial charge is 0.353 e. The Hall–Kier alpha value is -0.530. The minimum Gasteiger partial charge on any atom is -0.353 e. The molecule has 98 valence electrons. The first-order chi connectivity index (χ1) is 7.98. The first-order valence-electron chi connectivity index (χ1n) is 7.29. The monoisotopic (exact) mass is 237 g/mol. The summed E-state index contributed by atoms with van der Waals surface area (Å²) < 4.78 is 0. The molecule has 2 rings (SSSR count). The second kappa shape index (κ2) is 4.99. The molecule has 0 saturated heterocycles. The highest BCUT2D eigenvalue weighted by molar-refractivity contribution is 5.79. The van der Waals surface area contributed by atoms with E-state index in [9.17, 15) is 4.79 Å². The van der Waals surface area contributed by atoms with Crippen molar-refractivity contribution < 1.29 is 4.79 Å². The molecular formula is C15H27NO. The second-order valence-electron chi connectivity index (χ2n) is 7.00. The first kappa shape index (κ1) is 12.9. The lowest BCUT2D eigenvalue weighted by molar-refractivity contribution is -0.129. The molecule has 2 atom stereocenters. The molecule has 0 heterocycles. The van der Waals surface area contributed by atoms with E-state index in [1.54, 1.807) is 0 Å². The van der Waals surface area contributed by atoms with Crippen molar-refractivity contribution in [2.75, 3.05) is 0 Å². The van der Waals surface area contributed by atoms with Gasteiger partial charge in [0.05, 0.1) is 0 Å². The Morgan fingerprint density at radius 2 is 1.65 bits per heavy atom. The Morgan fingerprint density at radius 3 is 2.18 bits per heavy atom. The Balaban J connectivity index is 1.94. The van der Waals surface area contributed by atoms with E-state index >= 15 is 0 Å². The van der Waals surface area contributed by atoms with Gasteiger partial charge in [0, 0.05) is 12.0 Å². The van der Waals surface area contributed by atoms with E-state index in [4.69, 9.17) is 0 Å². The third-order valence-electron chi connectivity index (χ3n) is 4.68. The van der Waals surface area contributed by atoms with E-state index in [-0.39, 0.29) is 0 Å². The van der Waals surface area contributed by atoms with Crippen LogP contribution < -0.4 is 5.32 Å². The Kier molecular flexibility index (Phi) is 3.79. The summed E-state index contributed by atoms with van der Waals surface area (Å²) in [5.41, 5.74) is 0.317. The van der Waals surface area contributed by atoms with Crippen molar-refractivity contribution in [3.05, 3.63) is 0 Å². The van der Waals surface area contributed by atoms with Gasteiger partial charge in [-0.05, 0) is 37.0 Å². The molecule has 2 aliphatic carbocycles. The average molecular weight is 237 g/mol. The molecule has 0 bridgehead atoms. The van der Waals surface area contributed by atoms with E-state index in [0.29, 0.717) is 29.2 Å². The van der Waals surface area contributed by atoms with E-state index in [1.807, 2.05) is 0 Å². The topological polar surface area (TPSA) is 29.1 Å². The molecule has 0 spiro atoms. The van der Waals surface area contributed by atoms with E-state index in [2.05, 4.69) is 26.1 Å². The molecule has 17 heavy (non-hydrogen) atoms. The van der Waals surface area contributed by atoms with Crippen LogP contribution >= 0.6 is 0 Å². The predicted octanol–water partition coefficient (Wildman–Crippen LogP) is 3.51. The molecule has 2 saturated carbocycles. The lowest BCUT2D eigenvalue weighted by Gasteiger charge is -2.41. The number of hydrogen-bond acceptors (Lipinski definition) is 1. The minimum atomic E-state index is 0.317. The number of nitrogens with one attached hydrogen (secondary N) is 1. The zero-order valence-electron chi connectivity index (χ0n) is 11.6. The molecule has 0 aromatic heterocycles. The number of amides is 1. The highest BCUT2D eigenvalue weighted by Crippen LogP contribution is 2.38. The fraction of sp³-hybridized carbons (Fsp3) is 0.933. The molecule has 2 aliphatic rings. The van der Waals surface area contributed by atoms with Crippen LogP contribution in [0.2, 0.25) is 0 Å². The van der Waals surface area contributed by atoms with Crippen LogP contribution in [0.15, 0.2) is 0 Å². The highest BCUT2D eigenvalue weighted by Gasteiger charge is 2.36. The maximum Gasteiger partial charge on any atom is 0.223 e. The minimum absolute atomic E-state index is 0.317. The number of hydrogen-bond donors (Lipinski definition) is 1. The molecule has 2 fully saturated rings. The van der Waals surface area contributed by atoms with Crippen molar-refractivity contribution in [2.45, 2.75) is 71.8 Å². The third kappa shape index (κ3) is 3.02. The van der Waals surface area contributed by atoms with Crippen molar-refractivity contribution in [2.24, 2.45) is 17.3 Å². The van der Waals surface area contributed by atoms with Crippen molar-refractivity contribution in [3.63, 3.8) is 0 Å².